The Morgan fingerprint density at radius 3 is 2.59 bits per heavy atom. The summed E-state index contributed by atoms with van der Waals surface area (Å²) in [6, 6.07) is 5.22. The first-order valence-electron chi connectivity index (χ1n) is 7.54. The van der Waals surface area contributed by atoms with Crippen molar-refractivity contribution < 1.29 is 26.8 Å². The monoisotopic (exact) mass is 411 g/mol. The van der Waals surface area contributed by atoms with Gasteiger partial charge in [0.15, 0.2) is 6.61 Å². The maximum absolute atomic E-state index is 12.2. The first-order chi connectivity index (χ1) is 12.6. The molecule has 2 N–H and O–H groups in total. The molecule has 0 saturated heterocycles. The van der Waals surface area contributed by atoms with Gasteiger partial charge in [-0.05, 0) is 38.1 Å². The zero-order valence-corrected chi connectivity index (χ0v) is 15.8. The first-order valence-corrected chi connectivity index (χ1v) is 9.47. The first kappa shape index (κ1) is 19.1. The molecule has 9 nitrogen and oxygen atoms in total. The fraction of sp³-hybridized carbons (Fsp3) is 0.188. The summed E-state index contributed by atoms with van der Waals surface area (Å²) >= 11 is 5.93. The van der Waals surface area contributed by atoms with Gasteiger partial charge in [0, 0.05) is 0 Å². The molecule has 0 saturated carbocycles. The molecule has 0 radical (unpaired) electrons. The number of carbonyl (C=O) groups excluding carboxylic acids is 1. The Bertz CT molecular complexity index is 1120. The van der Waals surface area contributed by atoms with Crippen LogP contribution in [0.15, 0.2) is 38.0 Å². The number of halogens is 1. The Kier molecular flexibility index (Phi) is 5.05. The van der Waals surface area contributed by atoms with Crippen LogP contribution < -0.4 is 5.14 Å². The molecule has 0 aliphatic rings. The average molecular weight is 412 g/mol. The molecule has 2 heterocycles. The normalized spacial score (nSPS) is 11.6. The summed E-state index contributed by atoms with van der Waals surface area (Å²) in [6.07, 6.45) is 0. The van der Waals surface area contributed by atoms with Crippen LogP contribution >= 0.6 is 11.6 Å². The number of rotatable bonds is 5. The molecule has 1 aromatic carbocycles. The number of aryl methyl sites for hydroxylation is 2. The van der Waals surface area contributed by atoms with Gasteiger partial charge in [0.2, 0.25) is 10.0 Å². The van der Waals surface area contributed by atoms with Crippen molar-refractivity contribution in [1.29, 1.82) is 0 Å². The zero-order valence-electron chi connectivity index (χ0n) is 14.2. The van der Waals surface area contributed by atoms with Crippen LogP contribution in [0.25, 0.3) is 11.5 Å². The highest BCUT2D eigenvalue weighted by Gasteiger charge is 2.19. The topological polar surface area (TPSA) is 139 Å². The molecule has 2 aromatic heterocycles. The minimum absolute atomic E-state index is 0.0168. The van der Waals surface area contributed by atoms with Crippen LogP contribution in [0, 0.1) is 13.8 Å². The van der Waals surface area contributed by atoms with Gasteiger partial charge in [-0.1, -0.05) is 11.6 Å². The Hall–Kier alpha value is -2.69. The van der Waals surface area contributed by atoms with E-state index in [1.54, 1.807) is 19.9 Å². The molecular formula is C16H14ClN3O6S. The number of aromatic nitrogens is 2. The van der Waals surface area contributed by atoms with Crippen molar-refractivity contribution in [2.24, 2.45) is 5.14 Å². The van der Waals surface area contributed by atoms with E-state index in [4.69, 9.17) is 30.3 Å². The predicted octanol–water partition coefficient (Wildman–Crippen LogP) is 2.60. The van der Waals surface area contributed by atoms with Gasteiger partial charge in [0.05, 0.1) is 21.0 Å². The number of primary sulfonamides is 1. The molecule has 0 amide bonds. The van der Waals surface area contributed by atoms with Gasteiger partial charge in [-0.2, -0.15) is 0 Å². The second-order valence-corrected chi connectivity index (χ2v) is 7.56. The van der Waals surface area contributed by atoms with E-state index in [1.165, 1.54) is 12.1 Å². The minimum atomic E-state index is -3.99. The number of ether oxygens (including phenoxy) is 1. The highest BCUT2D eigenvalue weighted by Crippen LogP contribution is 2.26. The van der Waals surface area contributed by atoms with Gasteiger partial charge < -0.3 is 13.6 Å². The number of sulfonamides is 1. The number of hydrogen-bond acceptors (Lipinski definition) is 8. The lowest BCUT2D eigenvalue weighted by molar-refractivity contribution is 0.0438. The summed E-state index contributed by atoms with van der Waals surface area (Å²) in [5.74, 6) is 0.727. The number of furan rings is 1. The van der Waals surface area contributed by atoms with Crippen LogP contribution in [0.3, 0.4) is 0 Å². The number of nitrogens with zero attached hydrogens (tertiary/aromatic N) is 2. The van der Waals surface area contributed by atoms with Crippen LogP contribution in [-0.2, 0) is 21.4 Å². The molecule has 0 aliphatic carbocycles. The number of nitrogens with two attached hydrogens (primary N) is 1. The fourth-order valence-corrected chi connectivity index (χ4v) is 3.04. The summed E-state index contributed by atoms with van der Waals surface area (Å²) in [5.41, 5.74) is 0.491. The second kappa shape index (κ2) is 7.14. The molecule has 0 atom stereocenters. The second-order valence-electron chi connectivity index (χ2n) is 5.59. The van der Waals surface area contributed by atoms with Crippen molar-refractivity contribution in [3.8, 4) is 11.5 Å². The molecule has 142 valence electrons. The lowest BCUT2D eigenvalue weighted by atomic mass is 10.2. The summed E-state index contributed by atoms with van der Waals surface area (Å²) in [7, 11) is -3.99. The highest BCUT2D eigenvalue weighted by atomic mass is 35.5. The van der Waals surface area contributed by atoms with Gasteiger partial charge in [0.1, 0.15) is 11.5 Å². The van der Waals surface area contributed by atoms with E-state index in [-0.39, 0.29) is 33.9 Å². The number of benzene rings is 1. The summed E-state index contributed by atoms with van der Waals surface area (Å²) < 4.78 is 38.7. The van der Waals surface area contributed by atoms with Crippen molar-refractivity contribution in [2.45, 2.75) is 25.3 Å². The fourth-order valence-electron chi connectivity index (χ4n) is 2.31. The van der Waals surface area contributed by atoms with Crippen LogP contribution in [0.1, 0.15) is 27.8 Å². The maximum Gasteiger partial charge on any atom is 0.340 e. The average Bonchev–Trinajstić information content (AvgIpc) is 3.17. The summed E-state index contributed by atoms with van der Waals surface area (Å²) in [5, 5.41) is 12.8. The van der Waals surface area contributed by atoms with E-state index in [0.29, 0.717) is 17.1 Å². The molecule has 3 rings (SSSR count). The van der Waals surface area contributed by atoms with Crippen molar-refractivity contribution in [1.82, 2.24) is 10.2 Å². The molecular weight excluding hydrogens is 398 g/mol. The minimum Gasteiger partial charge on any atom is -0.466 e. The summed E-state index contributed by atoms with van der Waals surface area (Å²) in [6.45, 7) is 3.22. The van der Waals surface area contributed by atoms with Gasteiger partial charge in [0.25, 0.3) is 11.8 Å². The van der Waals surface area contributed by atoms with E-state index in [0.717, 1.165) is 6.07 Å². The zero-order chi connectivity index (χ0) is 19.8. The molecule has 0 unspecified atom stereocenters. The smallest absolute Gasteiger partial charge is 0.340 e. The maximum atomic E-state index is 12.2. The van der Waals surface area contributed by atoms with E-state index < -0.39 is 16.0 Å². The Morgan fingerprint density at radius 1 is 1.22 bits per heavy atom. The lowest BCUT2D eigenvalue weighted by Crippen LogP contribution is -2.14. The standard InChI is InChI=1S/C16H14ClN3O6S/c1-8-5-11(9(2)25-8)15-20-19-14(26-15)7-24-16(21)12-6-10(27(18,22)23)3-4-13(12)17/h3-6H,7H2,1-2H3,(H2,18,22,23). The van der Waals surface area contributed by atoms with Crippen LogP contribution in [0.2, 0.25) is 5.02 Å². The molecule has 0 fully saturated rings. The highest BCUT2D eigenvalue weighted by molar-refractivity contribution is 7.89. The number of carbonyl (C=O) groups is 1. The number of hydrogen-bond donors (Lipinski definition) is 1. The lowest BCUT2D eigenvalue weighted by Gasteiger charge is -2.06. The van der Waals surface area contributed by atoms with Crippen LogP contribution in [-0.4, -0.2) is 24.6 Å². The SMILES string of the molecule is Cc1cc(-c2nnc(COC(=O)c3cc(S(N)(=O)=O)ccc3Cl)o2)c(C)o1. The van der Waals surface area contributed by atoms with Gasteiger partial charge in [-0.15, -0.1) is 10.2 Å². The number of esters is 1. The predicted molar refractivity (Wildman–Crippen MR) is 93.4 cm³/mol. The Morgan fingerprint density at radius 2 is 1.96 bits per heavy atom. The molecule has 3 aromatic rings. The van der Waals surface area contributed by atoms with Crippen molar-refractivity contribution in [2.75, 3.05) is 0 Å². The quantitative estimate of drug-likeness (QED) is 0.632. The van der Waals surface area contributed by atoms with Crippen molar-refractivity contribution >= 4 is 27.6 Å². The van der Waals surface area contributed by atoms with Gasteiger partial charge >= 0.3 is 5.97 Å². The van der Waals surface area contributed by atoms with E-state index in [1.807, 2.05) is 0 Å². The van der Waals surface area contributed by atoms with Crippen LogP contribution in [0.4, 0.5) is 0 Å². The molecule has 0 spiro atoms. The van der Waals surface area contributed by atoms with Gasteiger partial charge in [-0.25, -0.2) is 18.4 Å². The Labute approximate surface area is 159 Å². The van der Waals surface area contributed by atoms with Crippen molar-refractivity contribution in [3.05, 3.63) is 52.3 Å². The third kappa shape index (κ3) is 4.18. The van der Waals surface area contributed by atoms with Gasteiger partial charge in [-0.3, -0.25) is 0 Å². The third-order valence-electron chi connectivity index (χ3n) is 3.55. The van der Waals surface area contributed by atoms with Crippen molar-refractivity contribution in [3.63, 3.8) is 0 Å². The molecule has 0 bridgehead atoms. The van der Waals surface area contributed by atoms with E-state index >= 15 is 0 Å². The largest absolute Gasteiger partial charge is 0.466 e. The molecule has 11 heteroatoms. The third-order valence-corrected chi connectivity index (χ3v) is 4.79. The van der Waals surface area contributed by atoms with E-state index in [9.17, 15) is 13.2 Å². The Balaban J connectivity index is 1.74. The summed E-state index contributed by atoms with van der Waals surface area (Å²) in [4.78, 5) is 11.9. The molecule has 27 heavy (non-hydrogen) atoms. The molecule has 0 aliphatic heterocycles. The van der Waals surface area contributed by atoms with E-state index in [2.05, 4.69) is 10.2 Å². The van der Waals surface area contributed by atoms with Crippen LogP contribution in [0.5, 0.6) is 0 Å².